The first-order valence-corrected chi connectivity index (χ1v) is 7.42. The number of halogens is 3. The van der Waals surface area contributed by atoms with Gasteiger partial charge in [-0.2, -0.15) is 0 Å². The Hall–Kier alpha value is -2.31. The minimum atomic E-state index is -0.762. The van der Waals surface area contributed by atoms with Crippen LogP contribution in [0.2, 0.25) is 10.0 Å². The number of amides is 1. The van der Waals surface area contributed by atoms with Crippen LogP contribution < -0.4 is 10.1 Å². The second kappa shape index (κ2) is 7.99. The van der Waals surface area contributed by atoms with Gasteiger partial charge < -0.3 is 14.8 Å². The summed E-state index contributed by atoms with van der Waals surface area (Å²) in [7, 11) is 1.39. The molecule has 0 atom stereocenters. The van der Waals surface area contributed by atoms with E-state index in [-0.39, 0.29) is 22.0 Å². The van der Waals surface area contributed by atoms with Crippen molar-refractivity contribution < 1.29 is 23.5 Å². The Kier molecular flexibility index (Phi) is 6.00. The molecule has 126 valence electrons. The van der Waals surface area contributed by atoms with E-state index in [1.54, 1.807) is 6.07 Å². The second-order valence-electron chi connectivity index (χ2n) is 4.60. The van der Waals surface area contributed by atoms with Crippen molar-refractivity contribution in [3.63, 3.8) is 0 Å². The SMILES string of the molecule is COc1ccc(Cl)cc1C(=O)OCC(=O)Nc1ccc(F)c(Cl)c1. The summed E-state index contributed by atoms with van der Waals surface area (Å²) in [4.78, 5) is 23.8. The molecule has 8 heteroatoms. The Bertz CT molecular complexity index is 783. The van der Waals surface area contributed by atoms with Crippen molar-refractivity contribution in [1.29, 1.82) is 0 Å². The summed E-state index contributed by atoms with van der Waals surface area (Å²) in [5.41, 5.74) is 0.380. The molecule has 0 aromatic heterocycles. The number of anilines is 1. The number of benzene rings is 2. The lowest BCUT2D eigenvalue weighted by Gasteiger charge is -2.10. The largest absolute Gasteiger partial charge is 0.496 e. The molecule has 1 N–H and O–H groups in total. The summed E-state index contributed by atoms with van der Waals surface area (Å²) in [5, 5.41) is 2.63. The Labute approximate surface area is 147 Å². The summed E-state index contributed by atoms with van der Waals surface area (Å²) in [6.07, 6.45) is 0. The van der Waals surface area contributed by atoms with Crippen LogP contribution in [-0.4, -0.2) is 25.6 Å². The summed E-state index contributed by atoms with van der Waals surface area (Å²) in [5.74, 6) is -1.70. The zero-order valence-electron chi connectivity index (χ0n) is 12.4. The van der Waals surface area contributed by atoms with Gasteiger partial charge in [0.05, 0.1) is 12.1 Å². The van der Waals surface area contributed by atoms with E-state index < -0.39 is 24.3 Å². The Morgan fingerprint density at radius 2 is 1.92 bits per heavy atom. The van der Waals surface area contributed by atoms with Crippen molar-refractivity contribution in [2.75, 3.05) is 19.0 Å². The van der Waals surface area contributed by atoms with E-state index in [2.05, 4.69) is 5.32 Å². The molecule has 2 aromatic rings. The van der Waals surface area contributed by atoms with E-state index in [1.165, 1.54) is 31.4 Å². The molecule has 0 radical (unpaired) electrons. The molecular weight excluding hydrogens is 360 g/mol. The van der Waals surface area contributed by atoms with Crippen LogP contribution >= 0.6 is 23.2 Å². The van der Waals surface area contributed by atoms with Crippen LogP contribution in [0.1, 0.15) is 10.4 Å². The lowest BCUT2D eigenvalue weighted by Crippen LogP contribution is -2.21. The summed E-state index contributed by atoms with van der Waals surface area (Å²) < 4.78 is 23.0. The molecule has 0 aliphatic carbocycles. The van der Waals surface area contributed by atoms with Crippen molar-refractivity contribution in [1.82, 2.24) is 0 Å². The normalized spacial score (nSPS) is 10.2. The lowest BCUT2D eigenvalue weighted by molar-refractivity contribution is -0.119. The van der Waals surface area contributed by atoms with Crippen LogP contribution in [0.4, 0.5) is 10.1 Å². The monoisotopic (exact) mass is 371 g/mol. The first-order valence-electron chi connectivity index (χ1n) is 6.66. The molecule has 5 nitrogen and oxygen atoms in total. The van der Waals surface area contributed by atoms with Crippen molar-refractivity contribution >= 4 is 40.8 Å². The third kappa shape index (κ3) is 4.59. The maximum Gasteiger partial charge on any atom is 0.342 e. The average molecular weight is 372 g/mol. The Morgan fingerprint density at radius 1 is 1.17 bits per heavy atom. The molecule has 0 aliphatic heterocycles. The fraction of sp³-hybridized carbons (Fsp3) is 0.125. The lowest BCUT2D eigenvalue weighted by atomic mass is 10.2. The number of rotatable bonds is 5. The molecule has 24 heavy (non-hydrogen) atoms. The van der Waals surface area contributed by atoms with Gasteiger partial charge in [0.15, 0.2) is 6.61 Å². The van der Waals surface area contributed by atoms with Gasteiger partial charge in [-0.15, -0.1) is 0 Å². The van der Waals surface area contributed by atoms with E-state index in [0.29, 0.717) is 5.02 Å². The Balaban J connectivity index is 1.97. The fourth-order valence-electron chi connectivity index (χ4n) is 1.82. The molecule has 2 aromatic carbocycles. The maximum atomic E-state index is 13.0. The van der Waals surface area contributed by atoms with Crippen molar-refractivity contribution in [2.45, 2.75) is 0 Å². The van der Waals surface area contributed by atoms with E-state index in [1.807, 2.05) is 0 Å². The fourth-order valence-corrected chi connectivity index (χ4v) is 2.17. The van der Waals surface area contributed by atoms with Crippen LogP contribution in [0, 0.1) is 5.82 Å². The second-order valence-corrected chi connectivity index (χ2v) is 5.44. The zero-order valence-corrected chi connectivity index (χ0v) is 13.9. The predicted molar refractivity (Wildman–Crippen MR) is 88.3 cm³/mol. The smallest absolute Gasteiger partial charge is 0.342 e. The molecule has 0 heterocycles. The van der Waals surface area contributed by atoms with Gasteiger partial charge in [0, 0.05) is 10.7 Å². The number of methoxy groups -OCH3 is 1. The van der Waals surface area contributed by atoms with Gasteiger partial charge in [0.1, 0.15) is 17.1 Å². The molecule has 2 rings (SSSR count). The molecule has 0 saturated carbocycles. The van der Waals surface area contributed by atoms with Crippen LogP contribution in [0.3, 0.4) is 0 Å². The molecule has 0 spiro atoms. The van der Waals surface area contributed by atoms with E-state index in [4.69, 9.17) is 32.7 Å². The highest BCUT2D eigenvalue weighted by atomic mass is 35.5. The highest BCUT2D eigenvalue weighted by Crippen LogP contribution is 2.23. The summed E-state index contributed by atoms with van der Waals surface area (Å²) >= 11 is 11.4. The number of carbonyl (C=O) groups excluding carboxylic acids is 2. The predicted octanol–water partition coefficient (Wildman–Crippen LogP) is 3.94. The summed E-state index contributed by atoms with van der Waals surface area (Å²) in [6.45, 7) is -0.538. The van der Waals surface area contributed by atoms with Gasteiger partial charge in [-0.25, -0.2) is 9.18 Å². The minimum Gasteiger partial charge on any atom is -0.496 e. The van der Waals surface area contributed by atoms with E-state index in [0.717, 1.165) is 6.07 Å². The molecule has 0 bridgehead atoms. The van der Waals surface area contributed by atoms with Gasteiger partial charge >= 0.3 is 5.97 Å². The van der Waals surface area contributed by atoms with Gasteiger partial charge in [-0.3, -0.25) is 4.79 Å². The first kappa shape index (κ1) is 18.0. The van der Waals surface area contributed by atoms with Gasteiger partial charge in [0.2, 0.25) is 0 Å². The van der Waals surface area contributed by atoms with Gasteiger partial charge in [-0.1, -0.05) is 23.2 Å². The molecular formula is C16H12Cl2FNO4. The third-order valence-electron chi connectivity index (χ3n) is 2.92. The van der Waals surface area contributed by atoms with Gasteiger partial charge in [0.25, 0.3) is 5.91 Å². The molecule has 0 saturated heterocycles. The quantitative estimate of drug-likeness (QED) is 0.808. The molecule has 0 fully saturated rings. The number of ether oxygens (including phenoxy) is 2. The highest BCUT2D eigenvalue weighted by molar-refractivity contribution is 6.31. The summed E-state index contributed by atoms with van der Waals surface area (Å²) in [6, 6.07) is 8.14. The van der Waals surface area contributed by atoms with Crippen LogP contribution in [0.5, 0.6) is 5.75 Å². The number of esters is 1. The molecule has 0 aliphatic rings. The number of nitrogens with one attached hydrogen (secondary N) is 1. The maximum absolute atomic E-state index is 13.0. The number of hydrogen-bond donors (Lipinski definition) is 1. The standard InChI is InChI=1S/C16H12Cl2FNO4/c1-23-14-5-2-9(17)6-11(14)16(22)24-8-15(21)20-10-3-4-13(19)12(18)7-10/h2-7H,8H2,1H3,(H,20,21). The van der Waals surface area contributed by atoms with Crippen molar-refractivity contribution in [2.24, 2.45) is 0 Å². The topological polar surface area (TPSA) is 64.6 Å². The number of carbonyl (C=O) groups is 2. The van der Waals surface area contributed by atoms with Crippen molar-refractivity contribution in [3.8, 4) is 5.75 Å². The average Bonchev–Trinajstić information content (AvgIpc) is 2.56. The van der Waals surface area contributed by atoms with Gasteiger partial charge in [-0.05, 0) is 36.4 Å². The van der Waals surface area contributed by atoms with Crippen molar-refractivity contribution in [3.05, 3.63) is 57.8 Å². The Morgan fingerprint density at radius 3 is 2.58 bits per heavy atom. The first-order chi connectivity index (χ1) is 11.4. The minimum absolute atomic E-state index is 0.0997. The van der Waals surface area contributed by atoms with E-state index in [9.17, 15) is 14.0 Å². The van der Waals surface area contributed by atoms with Crippen LogP contribution in [0.25, 0.3) is 0 Å². The zero-order chi connectivity index (χ0) is 17.7. The molecule has 1 amide bonds. The highest BCUT2D eigenvalue weighted by Gasteiger charge is 2.16. The van der Waals surface area contributed by atoms with Crippen LogP contribution in [-0.2, 0) is 9.53 Å². The number of hydrogen-bond acceptors (Lipinski definition) is 4. The van der Waals surface area contributed by atoms with E-state index >= 15 is 0 Å². The van der Waals surface area contributed by atoms with Crippen LogP contribution in [0.15, 0.2) is 36.4 Å². The molecule has 0 unspecified atom stereocenters. The third-order valence-corrected chi connectivity index (χ3v) is 3.44.